The summed E-state index contributed by atoms with van der Waals surface area (Å²) in [5.41, 5.74) is 12.4. The highest BCUT2D eigenvalue weighted by atomic mass is 16.5. The number of carbonyl (C=O) groups excluding carboxylic acids is 1. The van der Waals surface area contributed by atoms with Crippen LogP contribution in [0.3, 0.4) is 0 Å². The molecule has 9 heteroatoms. The first-order chi connectivity index (χ1) is 17.8. The van der Waals surface area contributed by atoms with Crippen molar-refractivity contribution in [3.8, 4) is 5.75 Å². The molecule has 0 radical (unpaired) electrons. The number of fused-ring (bicyclic) bond motifs is 3. The molecule has 0 aromatic heterocycles. The molecule has 0 saturated heterocycles. The molecule has 2 aromatic rings. The number of anilines is 1. The molecule has 0 fully saturated rings. The smallest absolute Gasteiger partial charge is 0.328 e. The lowest BCUT2D eigenvalue weighted by atomic mass is 9.78. The van der Waals surface area contributed by atoms with Gasteiger partial charge in [-0.25, -0.2) is 14.6 Å². The lowest BCUT2D eigenvalue weighted by Crippen LogP contribution is -2.45. The molecule has 2 aromatic carbocycles. The van der Waals surface area contributed by atoms with Gasteiger partial charge in [-0.3, -0.25) is 4.79 Å². The van der Waals surface area contributed by atoms with Crippen molar-refractivity contribution < 1.29 is 29.3 Å². The number of aryl methyl sites for hydroxylation is 3. The summed E-state index contributed by atoms with van der Waals surface area (Å²) in [6, 6.07) is 11.9. The van der Waals surface area contributed by atoms with Crippen molar-refractivity contribution >= 4 is 29.2 Å². The Hall–Kier alpha value is -3.98. The maximum absolute atomic E-state index is 12.9. The Bertz CT molecular complexity index is 1260. The molecule has 0 spiro atoms. The lowest BCUT2D eigenvalue weighted by Gasteiger charge is -2.34. The van der Waals surface area contributed by atoms with E-state index < -0.39 is 17.5 Å². The maximum Gasteiger partial charge on any atom is 0.328 e. The molecule has 2 aliphatic rings. The third-order valence-corrected chi connectivity index (χ3v) is 6.94. The van der Waals surface area contributed by atoms with E-state index >= 15 is 0 Å². The van der Waals surface area contributed by atoms with E-state index in [9.17, 15) is 14.4 Å². The molecule has 0 saturated carbocycles. The SMILES string of the molecule is Cc1cc2c(cc1C)C1=NN(c3ccc(OC(C)(C)C(C)N)cc3)C(=O)CC1CC2.O=C(O)C=CC(=O)O. The number of nitrogens with zero attached hydrogens (tertiary/aromatic N) is 2. The highest BCUT2D eigenvalue weighted by Crippen LogP contribution is 2.35. The predicted molar refractivity (Wildman–Crippen MR) is 146 cm³/mol. The number of hydrazone groups is 1. The van der Waals surface area contributed by atoms with Crippen LogP contribution in [0.1, 0.15) is 55.9 Å². The van der Waals surface area contributed by atoms with Gasteiger partial charge in [0.1, 0.15) is 11.4 Å². The molecule has 4 N–H and O–H groups in total. The number of carboxylic acids is 2. The maximum atomic E-state index is 12.9. The molecule has 9 nitrogen and oxygen atoms in total. The Kier molecular flexibility index (Phi) is 8.73. The van der Waals surface area contributed by atoms with Gasteiger partial charge < -0.3 is 20.7 Å². The Labute approximate surface area is 222 Å². The third kappa shape index (κ3) is 6.86. The zero-order chi connectivity index (χ0) is 28.2. The molecule has 1 aliphatic heterocycles. The summed E-state index contributed by atoms with van der Waals surface area (Å²) in [6.45, 7) is 10.1. The van der Waals surface area contributed by atoms with E-state index in [0.29, 0.717) is 18.6 Å². The zero-order valence-electron chi connectivity index (χ0n) is 22.4. The number of hydrogen-bond donors (Lipinski definition) is 3. The average molecular weight is 522 g/mol. The number of aliphatic carboxylic acids is 2. The Morgan fingerprint density at radius 1 is 1.11 bits per heavy atom. The molecule has 38 heavy (non-hydrogen) atoms. The van der Waals surface area contributed by atoms with Crippen molar-refractivity contribution in [3.05, 3.63) is 70.8 Å². The molecule has 202 valence electrons. The fourth-order valence-electron chi connectivity index (χ4n) is 4.20. The van der Waals surface area contributed by atoms with Crippen LogP contribution in [0.5, 0.6) is 5.75 Å². The Balaban J connectivity index is 0.000000436. The van der Waals surface area contributed by atoms with E-state index in [2.05, 4.69) is 26.0 Å². The van der Waals surface area contributed by atoms with Gasteiger partial charge in [0.2, 0.25) is 5.91 Å². The van der Waals surface area contributed by atoms with Crippen molar-refractivity contribution in [2.24, 2.45) is 16.8 Å². The number of hydrogen-bond acceptors (Lipinski definition) is 6. The molecule has 4 rings (SSSR count). The van der Waals surface area contributed by atoms with E-state index in [0.717, 1.165) is 30.0 Å². The first-order valence-electron chi connectivity index (χ1n) is 12.5. The van der Waals surface area contributed by atoms with Gasteiger partial charge in [-0.1, -0.05) is 6.07 Å². The number of ether oxygens (including phenoxy) is 1. The van der Waals surface area contributed by atoms with Crippen molar-refractivity contribution in [1.82, 2.24) is 0 Å². The molecule has 1 aliphatic carbocycles. The molecule has 0 bridgehead atoms. The molecule has 1 amide bonds. The van der Waals surface area contributed by atoms with Gasteiger partial charge in [-0.2, -0.15) is 5.10 Å². The van der Waals surface area contributed by atoms with Gasteiger partial charge >= 0.3 is 11.9 Å². The highest BCUT2D eigenvalue weighted by Gasteiger charge is 2.35. The first kappa shape index (κ1) is 28.6. The van der Waals surface area contributed by atoms with Gasteiger partial charge in [-0.05, 0) is 94.5 Å². The van der Waals surface area contributed by atoms with Crippen molar-refractivity contribution in [2.45, 2.75) is 65.5 Å². The molecular formula is C29H35N3O6. The fourth-order valence-corrected chi connectivity index (χ4v) is 4.20. The topological polar surface area (TPSA) is 143 Å². The summed E-state index contributed by atoms with van der Waals surface area (Å²) in [5.74, 6) is -1.54. The minimum absolute atomic E-state index is 0.0422. The minimum Gasteiger partial charge on any atom is -0.486 e. The molecule has 2 atom stereocenters. The summed E-state index contributed by atoms with van der Waals surface area (Å²) >= 11 is 0. The number of rotatable bonds is 6. The molecule has 2 unspecified atom stereocenters. The zero-order valence-corrected chi connectivity index (χ0v) is 22.4. The molecular weight excluding hydrogens is 486 g/mol. The summed E-state index contributed by atoms with van der Waals surface area (Å²) in [6.07, 6.45) is 3.60. The van der Waals surface area contributed by atoms with E-state index in [1.807, 2.05) is 45.0 Å². The van der Waals surface area contributed by atoms with Crippen LogP contribution < -0.4 is 15.5 Å². The van der Waals surface area contributed by atoms with Gasteiger partial charge in [-0.15, -0.1) is 0 Å². The monoisotopic (exact) mass is 521 g/mol. The summed E-state index contributed by atoms with van der Waals surface area (Å²) < 4.78 is 6.02. The Morgan fingerprint density at radius 3 is 2.24 bits per heavy atom. The summed E-state index contributed by atoms with van der Waals surface area (Å²) in [4.78, 5) is 32.0. The van der Waals surface area contributed by atoms with E-state index in [-0.39, 0.29) is 17.9 Å². The minimum atomic E-state index is -1.26. The van der Waals surface area contributed by atoms with Gasteiger partial charge in [0.05, 0.1) is 11.4 Å². The second-order valence-corrected chi connectivity index (χ2v) is 10.2. The van der Waals surface area contributed by atoms with E-state index in [1.165, 1.54) is 22.3 Å². The van der Waals surface area contributed by atoms with E-state index in [4.69, 9.17) is 25.8 Å². The van der Waals surface area contributed by atoms with Crippen LogP contribution in [0, 0.1) is 19.8 Å². The molecule has 1 heterocycles. The average Bonchev–Trinajstić information content (AvgIpc) is 2.84. The predicted octanol–water partition coefficient (Wildman–Crippen LogP) is 4.22. The van der Waals surface area contributed by atoms with Crippen LogP contribution in [0.15, 0.2) is 53.7 Å². The van der Waals surface area contributed by atoms with Crippen LogP contribution in [0.4, 0.5) is 5.69 Å². The second kappa shape index (κ2) is 11.6. The van der Waals surface area contributed by atoms with E-state index in [1.54, 1.807) is 5.01 Å². The van der Waals surface area contributed by atoms with Gasteiger partial charge in [0, 0.05) is 36.1 Å². The highest BCUT2D eigenvalue weighted by molar-refractivity contribution is 6.11. The summed E-state index contributed by atoms with van der Waals surface area (Å²) in [5, 5.41) is 22.0. The van der Waals surface area contributed by atoms with Crippen LogP contribution in [0.2, 0.25) is 0 Å². The number of amides is 1. The number of carboxylic acid groups (broad SMARTS) is 2. The lowest BCUT2D eigenvalue weighted by molar-refractivity contribution is -0.134. The number of benzene rings is 2. The van der Waals surface area contributed by atoms with Crippen molar-refractivity contribution in [1.29, 1.82) is 0 Å². The number of nitrogens with two attached hydrogens (primary N) is 1. The van der Waals surface area contributed by atoms with Crippen LogP contribution >= 0.6 is 0 Å². The van der Waals surface area contributed by atoms with Crippen LogP contribution in [0.25, 0.3) is 0 Å². The fraction of sp³-hybridized carbons (Fsp3) is 0.379. The Morgan fingerprint density at radius 2 is 1.68 bits per heavy atom. The first-order valence-corrected chi connectivity index (χ1v) is 12.5. The van der Waals surface area contributed by atoms with Gasteiger partial charge in [0.15, 0.2) is 0 Å². The second-order valence-electron chi connectivity index (χ2n) is 10.2. The van der Waals surface area contributed by atoms with Gasteiger partial charge in [0.25, 0.3) is 0 Å². The quantitative estimate of drug-likeness (QED) is 0.483. The normalized spacial score (nSPS) is 17.5. The standard InChI is InChI=1S/C25H31N3O2.C4H4O4/c1-15-12-18-6-7-19-14-23(29)28(27-24(19)22(18)13-16(15)2)20-8-10-21(11-9-20)30-25(4,5)17(3)26;5-3(6)1-2-4(7)8/h8-13,17,19H,6-7,14,26H2,1-5H3;1-2H,(H,5,6)(H,7,8). The van der Waals surface area contributed by atoms with Crippen LogP contribution in [-0.2, 0) is 20.8 Å². The van der Waals surface area contributed by atoms with Crippen LogP contribution in [-0.4, -0.2) is 45.4 Å². The summed E-state index contributed by atoms with van der Waals surface area (Å²) in [7, 11) is 0. The number of carbonyl (C=O) groups is 3. The van der Waals surface area contributed by atoms with Crippen molar-refractivity contribution in [2.75, 3.05) is 5.01 Å². The largest absolute Gasteiger partial charge is 0.486 e. The van der Waals surface area contributed by atoms with Crippen molar-refractivity contribution in [3.63, 3.8) is 0 Å². The third-order valence-electron chi connectivity index (χ3n) is 6.94.